The summed E-state index contributed by atoms with van der Waals surface area (Å²) < 4.78 is 5.16. The molecule has 1 N–H and O–H groups in total. The van der Waals surface area contributed by atoms with Crippen LogP contribution in [0.15, 0.2) is 48.7 Å². The third-order valence-corrected chi connectivity index (χ3v) is 3.38. The van der Waals surface area contributed by atoms with E-state index in [9.17, 15) is 0 Å². The Morgan fingerprint density at radius 1 is 1.15 bits per heavy atom. The van der Waals surface area contributed by atoms with Crippen LogP contribution in [0, 0.1) is 0 Å². The maximum Gasteiger partial charge on any atom is 0.118 e. The predicted molar refractivity (Wildman–Crippen MR) is 81.9 cm³/mol. The molecule has 1 aromatic heterocycles. The van der Waals surface area contributed by atoms with Crippen LogP contribution >= 0.6 is 0 Å². The standard InChI is InChI=1S/C17H22N2O/c1-14(19-13-16-5-3-4-12-18-16)6-7-15-8-10-17(20-2)11-9-15/h3-5,8-12,14,19H,6-7,13H2,1-2H3/t14-/m1/s1. The first-order valence-electron chi connectivity index (χ1n) is 7.04. The summed E-state index contributed by atoms with van der Waals surface area (Å²) in [5.41, 5.74) is 2.43. The molecule has 3 heteroatoms. The van der Waals surface area contributed by atoms with Gasteiger partial charge in [0.1, 0.15) is 5.75 Å². The van der Waals surface area contributed by atoms with Crippen molar-refractivity contribution in [3.63, 3.8) is 0 Å². The van der Waals surface area contributed by atoms with E-state index >= 15 is 0 Å². The SMILES string of the molecule is COc1ccc(CC[C@@H](C)NCc2ccccn2)cc1. The maximum atomic E-state index is 5.16. The average molecular weight is 270 g/mol. The number of nitrogens with zero attached hydrogens (tertiary/aromatic N) is 1. The number of methoxy groups -OCH3 is 1. The van der Waals surface area contributed by atoms with Gasteiger partial charge in [0, 0.05) is 18.8 Å². The van der Waals surface area contributed by atoms with E-state index in [1.54, 1.807) is 7.11 Å². The fourth-order valence-electron chi connectivity index (χ4n) is 2.06. The fraction of sp³-hybridized carbons (Fsp3) is 0.353. The van der Waals surface area contributed by atoms with Crippen LogP contribution in [0.1, 0.15) is 24.6 Å². The van der Waals surface area contributed by atoms with Gasteiger partial charge in [-0.1, -0.05) is 18.2 Å². The second kappa shape index (κ2) is 7.65. The highest BCUT2D eigenvalue weighted by Gasteiger charge is 2.03. The lowest BCUT2D eigenvalue weighted by Crippen LogP contribution is -2.26. The summed E-state index contributed by atoms with van der Waals surface area (Å²) in [6.07, 6.45) is 4.01. The molecule has 0 aliphatic rings. The van der Waals surface area contributed by atoms with Crippen LogP contribution < -0.4 is 10.1 Å². The Labute approximate surface area is 121 Å². The van der Waals surface area contributed by atoms with Crippen molar-refractivity contribution in [3.8, 4) is 5.75 Å². The lowest BCUT2D eigenvalue weighted by molar-refractivity contribution is 0.414. The molecule has 0 aliphatic carbocycles. The van der Waals surface area contributed by atoms with Gasteiger partial charge in [0.2, 0.25) is 0 Å². The molecular weight excluding hydrogens is 248 g/mol. The Kier molecular flexibility index (Phi) is 5.56. The summed E-state index contributed by atoms with van der Waals surface area (Å²) >= 11 is 0. The van der Waals surface area contributed by atoms with Crippen molar-refractivity contribution in [2.45, 2.75) is 32.4 Å². The van der Waals surface area contributed by atoms with Crippen molar-refractivity contribution < 1.29 is 4.74 Å². The second-order valence-electron chi connectivity index (χ2n) is 4.99. The van der Waals surface area contributed by atoms with E-state index < -0.39 is 0 Å². The van der Waals surface area contributed by atoms with Crippen LogP contribution in [0.4, 0.5) is 0 Å². The zero-order valence-electron chi connectivity index (χ0n) is 12.2. The summed E-state index contributed by atoms with van der Waals surface area (Å²) in [6, 6.07) is 14.8. The van der Waals surface area contributed by atoms with E-state index in [1.165, 1.54) is 5.56 Å². The molecular formula is C17H22N2O. The van der Waals surface area contributed by atoms with Crippen molar-refractivity contribution in [2.24, 2.45) is 0 Å². The van der Waals surface area contributed by atoms with Crippen LogP contribution in [0.25, 0.3) is 0 Å². The van der Waals surface area contributed by atoms with Crippen LogP contribution in [0.5, 0.6) is 5.75 Å². The lowest BCUT2D eigenvalue weighted by Gasteiger charge is -2.13. The van der Waals surface area contributed by atoms with Crippen LogP contribution in [0.3, 0.4) is 0 Å². The van der Waals surface area contributed by atoms with Gasteiger partial charge in [-0.3, -0.25) is 4.98 Å². The minimum Gasteiger partial charge on any atom is -0.497 e. The Morgan fingerprint density at radius 2 is 1.95 bits per heavy atom. The third kappa shape index (κ3) is 4.67. The van der Waals surface area contributed by atoms with Gasteiger partial charge in [0.05, 0.1) is 12.8 Å². The van der Waals surface area contributed by atoms with Gasteiger partial charge in [-0.05, 0) is 49.6 Å². The largest absolute Gasteiger partial charge is 0.497 e. The molecule has 106 valence electrons. The Hall–Kier alpha value is -1.87. The monoisotopic (exact) mass is 270 g/mol. The summed E-state index contributed by atoms with van der Waals surface area (Å²) in [5.74, 6) is 0.912. The summed E-state index contributed by atoms with van der Waals surface area (Å²) in [7, 11) is 1.69. The molecule has 2 aromatic rings. The molecule has 0 spiro atoms. The maximum absolute atomic E-state index is 5.16. The second-order valence-corrected chi connectivity index (χ2v) is 4.99. The molecule has 1 aromatic carbocycles. The van der Waals surface area contributed by atoms with E-state index in [1.807, 2.05) is 36.5 Å². The number of aryl methyl sites for hydroxylation is 1. The summed E-state index contributed by atoms with van der Waals surface area (Å²) in [4.78, 5) is 4.31. The number of ether oxygens (including phenoxy) is 1. The Bertz CT molecular complexity index is 496. The lowest BCUT2D eigenvalue weighted by atomic mass is 10.1. The molecule has 1 heterocycles. The van der Waals surface area contributed by atoms with Gasteiger partial charge in [-0.25, -0.2) is 0 Å². The fourth-order valence-corrected chi connectivity index (χ4v) is 2.06. The molecule has 0 saturated heterocycles. The molecule has 3 nitrogen and oxygen atoms in total. The smallest absolute Gasteiger partial charge is 0.118 e. The highest BCUT2D eigenvalue weighted by atomic mass is 16.5. The Balaban J connectivity index is 1.73. The number of rotatable bonds is 7. The summed E-state index contributed by atoms with van der Waals surface area (Å²) in [5, 5.41) is 3.50. The number of benzene rings is 1. The van der Waals surface area contributed by atoms with Gasteiger partial charge >= 0.3 is 0 Å². The van der Waals surface area contributed by atoms with Gasteiger partial charge in [-0.15, -0.1) is 0 Å². The molecule has 0 fully saturated rings. The van der Waals surface area contributed by atoms with Gasteiger partial charge in [0.25, 0.3) is 0 Å². The normalized spacial score (nSPS) is 12.1. The third-order valence-electron chi connectivity index (χ3n) is 3.38. The first kappa shape index (κ1) is 14.5. The number of hydrogen-bond donors (Lipinski definition) is 1. The van der Waals surface area contributed by atoms with Crippen molar-refractivity contribution >= 4 is 0 Å². The predicted octanol–water partition coefficient (Wildman–Crippen LogP) is 3.20. The van der Waals surface area contributed by atoms with Crippen molar-refractivity contribution in [1.29, 1.82) is 0 Å². The van der Waals surface area contributed by atoms with Crippen molar-refractivity contribution in [1.82, 2.24) is 10.3 Å². The van der Waals surface area contributed by atoms with Crippen LogP contribution in [-0.4, -0.2) is 18.1 Å². The first-order chi connectivity index (χ1) is 9.78. The summed E-state index contributed by atoms with van der Waals surface area (Å²) in [6.45, 7) is 3.04. The van der Waals surface area contributed by atoms with E-state index in [2.05, 4.69) is 29.4 Å². The highest BCUT2D eigenvalue weighted by Crippen LogP contribution is 2.13. The van der Waals surface area contributed by atoms with Crippen molar-refractivity contribution in [2.75, 3.05) is 7.11 Å². The van der Waals surface area contributed by atoms with E-state index in [-0.39, 0.29) is 0 Å². The molecule has 0 saturated carbocycles. The molecule has 1 atom stereocenters. The molecule has 0 bridgehead atoms. The van der Waals surface area contributed by atoms with E-state index in [0.717, 1.165) is 30.8 Å². The van der Waals surface area contributed by atoms with Gasteiger partial charge in [-0.2, -0.15) is 0 Å². The molecule has 0 radical (unpaired) electrons. The zero-order valence-corrected chi connectivity index (χ0v) is 12.2. The topological polar surface area (TPSA) is 34.1 Å². The molecule has 0 amide bonds. The molecule has 0 unspecified atom stereocenters. The van der Waals surface area contributed by atoms with Gasteiger partial charge < -0.3 is 10.1 Å². The minimum atomic E-state index is 0.471. The van der Waals surface area contributed by atoms with Gasteiger partial charge in [0.15, 0.2) is 0 Å². The number of nitrogens with one attached hydrogen (secondary N) is 1. The molecule has 20 heavy (non-hydrogen) atoms. The highest BCUT2D eigenvalue weighted by molar-refractivity contribution is 5.27. The minimum absolute atomic E-state index is 0.471. The van der Waals surface area contributed by atoms with Crippen LogP contribution in [0.2, 0.25) is 0 Å². The number of aromatic nitrogens is 1. The zero-order chi connectivity index (χ0) is 14.2. The average Bonchev–Trinajstić information content (AvgIpc) is 2.52. The van der Waals surface area contributed by atoms with E-state index in [0.29, 0.717) is 6.04 Å². The first-order valence-corrected chi connectivity index (χ1v) is 7.04. The quantitative estimate of drug-likeness (QED) is 0.839. The van der Waals surface area contributed by atoms with Crippen molar-refractivity contribution in [3.05, 3.63) is 59.9 Å². The number of pyridine rings is 1. The Morgan fingerprint density at radius 3 is 2.60 bits per heavy atom. The number of hydrogen-bond acceptors (Lipinski definition) is 3. The molecule has 0 aliphatic heterocycles. The molecule has 2 rings (SSSR count). The van der Waals surface area contributed by atoms with Crippen LogP contribution in [-0.2, 0) is 13.0 Å². The van der Waals surface area contributed by atoms with E-state index in [4.69, 9.17) is 4.74 Å².